The molecule has 3 aliphatic heterocycles. The first-order chi connectivity index (χ1) is 20.9. The number of hydrogen-bond acceptors (Lipinski definition) is 5. The Kier molecular flexibility index (Phi) is 7.08. The molecule has 0 saturated carbocycles. The second-order valence-electron chi connectivity index (χ2n) is 11.8. The Labute approximate surface area is 249 Å². The molecule has 1 N–H and O–H groups in total. The highest BCUT2D eigenvalue weighted by molar-refractivity contribution is 5.99. The van der Waals surface area contributed by atoms with Gasteiger partial charge in [-0.3, -0.25) is 9.59 Å². The first-order valence-corrected chi connectivity index (χ1v) is 15.1. The Balaban J connectivity index is 1.27. The van der Waals surface area contributed by atoms with Crippen molar-refractivity contribution in [1.29, 1.82) is 0 Å². The monoisotopic (exact) mass is 577 g/mol. The lowest BCUT2D eigenvalue weighted by molar-refractivity contribution is -0.137. The van der Waals surface area contributed by atoms with Gasteiger partial charge in [-0.1, -0.05) is 35.9 Å². The van der Waals surface area contributed by atoms with Gasteiger partial charge in [0.2, 0.25) is 0 Å². The first kappa shape index (κ1) is 27.2. The zero-order chi connectivity index (χ0) is 29.5. The number of carbonyl (C=O) groups excluding carboxylic acids is 1. The van der Waals surface area contributed by atoms with Gasteiger partial charge in [0.25, 0.3) is 5.91 Å². The summed E-state index contributed by atoms with van der Waals surface area (Å²) < 4.78 is 9.97. The van der Waals surface area contributed by atoms with Crippen LogP contribution in [-0.4, -0.2) is 54.6 Å². The van der Waals surface area contributed by atoms with Gasteiger partial charge in [0, 0.05) is 43.5 Å². The molecule has 3 aromatic carbocycles. The van der Waals surface area contributed by atoms with E-state index in [1.165, 1.54) is 5.56 Å². The molecule has 0 spiro atoms. The molecule has 0 radical (unpaired) electrons. The van der Waals surface area contributed by atoms with Gasteiger partial charge in [0.15, 0.2) is 0 Å². The first-order valence-electron chi connectivity index (χ1n) is 15.1. The highest BCUT2D eigenvalue weighted by atomic mass is 16.5. The molecule has 220 valence electrons. The third-order valence-corrected chi connectivity index (χ3v) is 9.02. The number of benzene rings is 3. The average molecular weight is 578 g/mol. The second kappa shape index (κ2) is 11.2. The number of rotatable bonds is 2. The van der Waals surface area contributed by atoms with Crippen molar-refractivity contribution in [3.05, 3.63) is 88.6 Å². The molecule has 1 unspecified atom stereocenters. The molecule has 10 bridgehead atoms. The Morgan fingerprint density at radius 3 is 2.63 bits per heavy atom. The van der Waals surface area contributed by atoms with E-state index in [0.717, 1.165) is 83.0 Å². The molecule has 0 saturated heterocycles. The standard InChI is InChI=1S/C34H35N5O4/c1-37-30-11-9-27-17-25(30)19-32(37)34(42)38-14-12-22-6-7-23(16-26(22)21-38)28(20-33(40)41)24-8-10-31-29(18-24)35-36-39(31)13-4-2-3-5-15-43-27/h6-11,16-19,28H,2-5,12-15,20-21H2,1H3,(H,40,41). The van der Waals surface area contributed by atoms with Crippen LogP contribution in [0.15, 0.2) is 60.7 Å². The van der Waals surface area contributed by atoms with Crippen molar-refractivity contribution < 1.29 is 19.4 Å². The van der Waals surface area contributed by atoms with E-state index in [1.807, 2.05) is 69.7 Å². The van der Waals surface area contributed by atoms with E-state index in [2.05, 4.69) is 22.4 Å². The van der Waals surface area contributed by atoms with Crippen LogP contribution in [0.3, 0.4) is 0 Å². The number of nitrogens with zero attached hydrogens (tertiary/aromatic N) is 5. The summed E-state index contributed by atoms with van der Waals surface area (Å²) in [7, 11) is 1.93. The number of fused-ring (bicyclic) bond motifs is 7. The van der Waals surface area contributed by atoms with Crippen LogP contribution in [0.2, 0.25) is 0 Å². The fourth-order valence-electron chi connectivity index (χ4n) is 6.63. The summed E-state index contributed by atoms with van der Waals surface area (Å²) in [5, 5.41) is 19.7. The van der Waals surface area contributed by atoms with Crippen LogP contribution in [0.1, 0.15) is 70.8 Å². The van der Waals surface area contributed by atoms with Crippen LogP contribution >= 0.6 is 0 Å². The molecule has 1 atom stereocenters. The van der Waals surface area contributed by atoms with Gasteiger partial charge in [0.05, 0.1) is 18.5 Å². The van der Waals surface area contributed by atoms with Crippen molar-refractivity contribution in [3.8, 4) is 5.75 Å². The Hall–Kier alpha value is -4.66. The fraction of sp³-hybridized carbons (Fsp3) is 0.353. The van der Waals surface area contributed by atoms with Crippen molar-refractivity contribution in [2.45, 2.75) is 57.5 Å². The van der Waals surface area contributed by atoms with Crippen molar-refractivity contribution in [2.75, 3.05) is 13.2 Å². The highest BCUT2D eigenvalue weighted by Gasteiger charge is 2.27. The van der Waals surface area contributed by atoms with Crippen molar-refractivity contribution in [1.82, 2.24) is 24.5 Å². The predicted molar refractivity (Wildman–Crippen MR) is 163 cm³/mol. The summed E-state index contributed by atoms with van der Waals surface area (Å²) in [5.74, 6) is -0.401. The van der Waals surface area contributed by atoms with Gasteiger partial charge in [-0.2, -0.15) is 0 Å². The van der Waals surface area contributed by atoms with Crippen LogP contribution in [0.4, 0.5) is 0 Å². The Bertz CT molecular complexity index is 1850. The third kappa shape index (κ3) is 5.24. The number of aryl methyl sites for hydroxylation is 2. The zero-order valence-corrected chi connectivity index (χ0v) is 24.3. The van der Waals surface area contributed by atoms with E-state index in [-0.39, 0.29) is 18.2 Å². The number of aromatic nitrogens is 4. The fourth-order valence-corrected chi connectivity index (χ4v) is 6.63. The number of carboxylic acid groups (broad SMARTS) is 1. The van der Waals surface area contributed by atoms with Crippen molar-refractivity contribution in [3.63, 3.8) is 0 Å². The maximum atomic E-state index is 13.8. The van der Waals surface area contributed by atoms with Crippen LogP contribution in [0, 0.1) is 0 Å². The molecule has 1 amide bonds. The van der Waals surface area contributed by atoms with E-state index in [9.17, 15) is 14.7 Å². The van der Waals surface area contributed by atoms with Gasteiger partial charge in [-0.15, -0.1) is 5.10 Å². The SMILES string of the molecule is Cn1c2cc3cc(ccc31)OCCCCCCn1nnc3cc(ccc31)C(CC(=O)O)c1ccc3c(c1)CN(CC3)C2=O. The minimum absolute atomic E-state index is 0.0118. The quantitative estimate of drug-likeness (QED) is 0.290. The number of amides is 1. The minimum Gasteiger partial charge on any atom is -0.494 e. The van der Waals surface area contributed by atoms with E-state index < -0.39 is 5.97 Å². The molecule has 43 heavy (non-hydrogen) atoms. The molecule has 3 aliphatic rings. The molecule has 5 heterocycles. The van der Waals surface area contributed by atoms with E-state index in [1.54, 1.807) is 0 Å². The predicted octanol–water partition coefficient (Wildman–Crippen LogP) is 5.68. The summed E-state index contributed by atoms with van der Waals surface area (Å²) in [6.07, 6.45) is 4.77. The van der Waals surface area contributed by atoms with E-state index >= 15 is 0 Å². The Morgan fingerprint density at radius 1 is 0.930 bits per heavy atom. The zero-order valence-electron chi connectivity index (χ0n) is 24.3. The summed E-state index contributed by atoms with van der Waals surface area (Å²) in [6.45, 7) is 2.53. The number of aliphatic carboxylic acids is 1. The number of ether oxygens (including phenoxy) is 1. The summed E-state index contributed by atoms with van der Waals surface area (Å²) in [6, 6.07) is 20.2. The van der Waals surface area contributed by atoms with Crippen LogP contribution in [0.25, 0.3) is 21.9 Å². The summed E-state index contributed by atoms with van der Waals surface area (Å²) in [5.41, 5.74) is 7.43. The molecule has 8 rings (SSSR count). The number of carboxylic acids is 1. The molecular weight excluding hydrogens is 542 g/mol. The molecule has 0 aliphatic carbocycles. The Morgan fingerprint density at radius 2 is 1.74 bits per heavy atom. The van der Waals surface area contributed by atoms with Crippen LogP contribution < -0.4 is 4.74 Å². The molecular formula is C34H35N5O4. The number of hydrogen-bond donors (Lipinski definition) is 1. The topological polar surface area (TPSA) is 102 Å². The maximum Gasteiger partial charge on any atom is 0.304 e. The molecule has 5 aromatic rings. The van der Waals surface area contributed by atoms with Crippen LogP contribution in [-0.2, 0) is 31.4 Å². The smallest absolute Gasteiger partial charge is 0.304 e. The summed E-state index contributed by atoms with van der Waals surface area (Å²) in [4.78, 5) is 27.7. The largest absolute Gasteiger partial charge is 0.494 e. The number of carbonyl (C=O) groups is 2. The van der Waals surface area contributed by atoms with E-state index in [0.29, 0.717) is 25.4 Å². The van der Waals surface area contributed by atoms with Crippen LogP contribution in [0.5, 0.6) is 5.75 Å². The molecule has 2 aromatic heterocycles. The maximum absolute atomic E-state index is 13.8. The van der Waals surface area contributed by atoms with Crippen molar-refractivity contribution in [2.24, 2.45) is 7.05 Å². The van der Waals surface area contributed by atoms with E-state index in [4.69, 9.17) is 4.74 Å². The van der Waals surface area contributed by atoms with Crippen molar-refractivity contribution >= 4 is 33.8 Å². The normalized spacial score (nSPS) is 17.7. The minimum atomic E-state index is -0.860. The highest BCUT2D eigenvalue weighted by Crippen LogP contribution is 2.33. The summed E-state index contributed by atoms with van der Waals surface area (Å²) >= 11 is 0. The van der Waals surface area contributed by atoms with Gasteiger partial charge in [-0.25, -0.2) is 4.68 Å². The lowest BCUT2D eigenvalue weighted by Crippen LogP contribution is -2.36. The van der Waals surface area contributed by atoms with Gasteiger partial charge in [-0.05, 0) is 84.3 Å². The third-order valence-electron chi connectivity index (χ3n) is 9.02. The lowest BCUT2D eigenvalue weighted by atomic mass is 9.85. The van der Waals surface area contributed by atoms with Gasteiger partial charge < -0.3 is 19.3 Å². The molecule has 9 heteroatoms. The van der Waals surface area contributed by atoms with Gasteiger partial charge in [0.1, 0.15) is 17.0 Å². The average Bonchev–Trinajstić information content (AvgIpc) is 3.57. The lowest BCUT2D eigenvalue weighted by Gasteiger charge is -2.30. The molecule has 0 fully saturated rings. The second-order valence-corrected chi connectivity index (χ2v) is 11.8. The van der Waals surface area contributed by atoms with Gasteiger partial charge >= 0.3 is 5.97 Å². The molecule has 9 nitrogen and oxygen atoms in total.